The predicted molar refractivity (Wildman–Crippen MR) is 211 cm³/mol. The molecule has 1 aliphatic carbocycles. The summed E-state index contributed by atoms with van der Waals surface area (Å²) in [5, 5.41) is 32.9. The minimum Gasteiger partial charge on any atom is -0.481 e. The van der Waals surface area contributed by atoms with Crippen molar-refractivity contribution in [2.45, 2.75) is 71.6 Å². The number of carboxylic acid groups (broad SMARTS) is 1. The number of aliphatic hydroxyl groups is 1. The van der Waals surface area contributed by atoms with E-state index in [-0.39, 0.29) is 17.8 Å². The molecule has 3 aromatic heterocycles. The van der Waals surface area contributed by atoms with E-state index in [0.717, 1.165) is 28.8 Å². The van der Waals surface area contributed by atoms with Gasteiger partial charge in [0.05, 0.1) is 22.6 Å². The number of alkyl halides is 2. The van der Waals surface area contributed by atoms with Gasteiger partial charge in [0.25, 0.3) is 6.43 Å². The lowest BCUT2D eigenvalue weighted by Crippen LogP contribution is -2.42. The summed E-state index contributed by atoms with van der Waals surface area (Å²) < 4.78 is 34.5. The molecule has 2 saturated heterocycles. The standard InChI is InChI=1S/C43H44F2N8O4/c1-42(2)31(8-5-9-32(42)40-50-34-17-25(16-28(20-46)36(34)57-40)22-52-14-11-43(3,12-15-52)41(55)56)27-6-4-7-29(19-27)48-38-35-33(49-39(51-38)37(44)45)18-26(21-47-35)23-53-13-10-30(54)24-53/h4-9,16-19,21,30-31,37,54H,10-15,22-24H2,1-3H3,(H,55,56)(H,48,49,51). The van der Waals surface area contributed by atoms with Crippen LogP contribution in [-0.4, -0.2) is 78.2 Å². The van der Waals surface area contributed by atoms with Crippen LogP contribution in [0.4, 0.5) is 20.3 Å². The van der Waals surface area contributed by atoms with Crippen molar-refractivity contribution in [1.82, 2.24) is 29.7 Å². The second-order valence-corrected chi connectivity index (χ2v) is 16.3. The third-order valence-electron chi connectivity index (χ3n) is 11.8. The van der Waals surface area contributed by atoms with Crippen LogP contribution in [0.25, 0.3) is 27.7 Å². The van der Waals surface area contributed by atoms with Crippen molar-refractivity contribution in [3.05, 3.63) is 101 Å². The number of hydrogen-bond acceptors (Lipinski definition) is 11. The number of carbonyl (C=O) groups is 1. The summed E-state index contributed by atoms with van der Waals surface area (Å²) in [5.74, 6) is -0.910. The first-order valence-electron chi connectivity index (χ1n) is 19.2. The van der Waals surface area contributed by atoms with Crippen molar-refractivity contribution < 1.29 is 28.2 Å². The van der Waals surface area contributed by atoms with E-state index in [2.05, 4.69) is 56.1 Å². The lowest BCUT2D eigenvalue weighted by Gasteiger charge is -2.36. The molecule has 2 fully saturated rings. The van der Waals surface area contributed by atoms with E-state index in [4.69, 9.17) is 9.40 Å². The van der Waals surface area contributed by atoms with Crippen LogP contribution in [0.2, 0.25) is 0 Å². The molecule has 294 valence electrons. The highest BCUT2D eigenvalue weighted by atomic mass is 19.3. The van der Waals surface area contributed by atoms with Crippen LogP contribution in [0, 0.1) is 22.2 Å². The largest absolute Gasteiger partial charge is 0.481 e. The van der Waals surface area contributed by atoms with Crippen LogP contribution >= 0.6 is 0 Å². The molecular formula is C43H44F2N8O4. The molecule has 8 rings (SSSR count). The molecule has 5 heterocycles. The Morgan fingerprint density at radius 2 is 1.81 bits per heavy atom. The zero-order chi connectivity index (χ0) is 40.1. The first-order valence-corrected chi connectivity index (χ1v) is 19.2. The average Bonchev–Trinajstić information content (AvgIpc) is 3.80. The van der Waals surface area contributed by atoms with Gasteiger partial charge in [0.15, 0.2) is 17.2 Å². The minimum absolute atomic E-state index is 0.139. The number of β-amino-alcohol motifs (C(OH)–C–C–N with tert-alkyl or cyclic N) is 1. The number of halogens is 2. The second-order valence-electron chi connectivity index (χ2n) is 16.3. The van der Waals surface area contributed by atoms with Gasteiger partial charge in [0.2, 0.25) is 5.89 Å². The summed E-state index contributed by atoms with van der Waals surface area (Å²) in [7, 11) is 0. The Morgan fingerprint density at radius 1 is 1.04 bits per heavy atom. The first kappa shape index (κ1) is 38.3. The topological polar surface area (TPSA) is 165 Å². The lowest BCUT2D eigenvalue weighted by atomic mass is 9.67. The fourth-order valence-corrected chi connectivity index (χ4v) is 8.33. The van der Waals surface area contributed by atoms with E-state index >= 15 is 0 Å². The Morgan fingerprint density at radius 3 is 2.53 bits per heavy atom. The molecule has 2 aliphatic heterocycles. The SMILES string of the molecule is CC1(C(=O)O)CCN(Cc2cc(C#N)c3oc(C4=CC=CC(c5cccc(Nc6nc(C(F)F)nc7cc(CN8CCC(O)C8)cnc67)c5)C4(C)C)nc3c2)CC1. The number of fused-ring (bicyclic) bond motifs is 2. The number of benzene rings is 2. The number of hydrogen-bond donors (Lipinski definition) is 3. The molecule has 2 aromatic carbocycles. The summed E-state index contributed by atoms with van der Waals surface area (Å²) in [6, 6.07) is 15.5. The van der Waals surface area contributed by atoms with Crippen LogP contribution < -0.4 is 5.32 Å². The van der Waals surface area contributed by atoms with Gasteiger partial charge in [-0.25, -0.2) is 23.7 Å². The zero-order valence-electron chi connectivity index (χ0n) is 32.0. The third kappa shape index (κ3) is 7.62. The third-order valence-corrected chi connectivity index (χ3v) is 11.8. The van der Waals surface area contributed by atoms with Gasteiger partial charge in [-0.05, 0) is 86.3 Å². The molecule has 5 aromatic rings. The summed E-state index contributed by atoms with van der Waals surface area (Å²) in [6.07, 6.45) is 6.30. The Hall–Kier alpha value is -5.62. The number of piperidine rings is 1. The summed E-state index contributed by atoms with van der Waals surface area (Å²) >= 11 is 0. The zero-order valence-corrected chi connectivity index (χ0v) is 32.0. The molecule has 0 bridgehead atoms. The number of anilines is 2. The van der Waals surface area contributed by atoms with Gasteiger partial charge in [-0.15, -0.1) is 0 Å². The molecule has 0 spiro atoms. The van der Waals surface area contributed by atoms with Gasteiger partial charge in [0.1, 0.15) is 17.1 Å². The highest BCUT2D eigenvalue weighted by Gasteiger charge is 2.39. The van der Waals surface area contributed by atoms with E-state index in [1.165, 1.54) is 0 Å². The number of aliphatic hydroxyl groups excluding tert-OH is 1. The number of allylic oxidation sites excluding steroid dienone is 4. The molecular weight excluding hydrogens is 731 g/mol. The van der Waals surface area contributed by atoms with Gasteiger partial charge in [-0.3, -0.25) is 19.6 Å². The fraction of sp³-hybridized carbons (Fsp3) is 0.395. The monoisotopic (exact) mass is 774 g/mol. The van der Waals surface area contributed by atoms with Crippen LogP contribution in [0.1, 0.15) is 86.3 Å². The molecule has 0 radical (unpaired) electrons. The Labute approximate surface area is 328 Å². The fourth-order valence-electron chi connectivity index (χ4n) is 8.33. The van der Waals surface area contributed by atoms with Crippen LogP contribution in [0.3, 0.4) is 0 Å². The number of pyridine rings is 1. The number of carboxylic acids is 1. The van der Waals surface area contributed by atoms with E-state index in [1.807, 2.05) is 48.6 Å². The summed E-state index contributed by atoms with van der Waals surface area (Å²) in [4.78, 5) is 33.9. The van der Waals surface area contributed by atoms with Crippen LogP contribution in [0.15, 0.2) is 71.3 Å². The van der Waals surface area contributed by atoms with Gasteiger partial charge >= 0.3 is 5.97 Å². The van der Waals surface area contributed by atoms with Crippen LogP contribution in [-0.2, 0) is 17.9 Å². The number of nitrogens with zero attached hydrogens (tertiary/aromatic N) is 7. The Balaban J connectivity index is 1.03. The molecule has 12 nitrogen and oxygen atoms in total. The molecule has 0 amide bonds. The predicted octanol–water partition coefficient (Wildman–Crippen LogP) is 7.74. The number of nitriles is 1. The number of oxazole rings is 1. The van der Waals surface area contributed by atoms with Crippen molar-refractivity contribution in [2.75, 3.05) is 31.5 Å². The molecule has 57 heavy (non-hydrogen) atoms. The maximum absolute atomic E-state index is 14.1. The summed E-state index contributed by atoms with van der Waals surface area (Å²) in [5.41, 5.74) is 4.98. The molecule has 2 unspecified atom stereocenters. The molecule has 3 aliphatic rings. The number of likely N-dealkylation sites (tertiary alicyclic amines) is 2. The van der Waals surface area contributed by atoms with Crippen molar-refractivity contribution in [3.8, 4) is 6.07 Å². The number of aromatic nitrogens is 4. The lowest BCUT2D eigenvalue weighted by molar-refractivity contribution is -0.150. The maximum atomic E-state index is 14.1. The molecule has 3 N–H and O–H groups in total. The highest BCUT2D eigenvalue weighted by molar-refractivity contribution is 5.88. The van der Waals surface area contributed by atoms with Crippen molar-refractivity contribution in [2.24, 2.45) is 10.8 Å². The van der Waals surface area contributed by atoms with Gasteiger partial charge in [0, 0.05) is 55.0 Å². The minimum atomic E-state index is -2.88. The Bertz CT molecular complexity index is 2460. The average molecular weight is 775 g/mol. The summed E-state index contributed by atoms with van der Waals surface area (Å²) in [6.45, 7) is 9.70. The van der Waals surface area contributed by atoms with E-state index in [0.29, 0.717) is 91.3 Å². The van der Waals surface area contributed by atoms with Crippen molar-refractivity contribution in [1.29, 1.82) is 5.26 Å². The number of aliphatic carboxylic acids is 1. The highest BCUT2D eigenvalue weighted by Crippen LogP contribution is 2.50. The smallest absolute Gasteiger partial charge is 0.309 e. The van der Waals surface area contributed by atoms with Gasteiger partial charge in [-0.1, -0.05) is 44.2 Å². The molecule has 0 saturated carbocycles. The quantitative estimate of drug-likeness (QED) is 0.127. The van der Waals surface area contributed by atoms with E-state index < -0.39 is 29.0 Å². The van der Waals surface area contributed by atoms with Gasteiger partial charge < -0.3 is 19.9 Å². The maximum Gasteiger partial charge on any atom is 0.309 e. The van der Waals surface area contributed by atoms with E-state index in [9.17, 15) is 29.1 Å². The van der Waals surface area contributed by atoms with Crippen molar-refractivity contribution >= 4 is 45.2 Å². The molecule has 14 heteroatoms. The van der Waals surface area contributed by atoms with E-state index in [1.54, 1.807) is 19.2 Å². The Kier molecular flexibility index (Phi) is 10.1. The van der Waals surface area contributed by atoms with Crippen molar-refractivity contribution in [3.63, 3.8) is 0 Å². The number of rotatable bonds is 10. The second kappa shape index (κ2) is 15.0. The normalized spacial score (nSPS) is 20.9. The number of nitrogens with one attached hydrogen (secondary N) is 1. The van der Waals surface area contributed by atoms with Crippen LogP contribution in [0.5, 0.6) is 0 Å². The first-order chi connectivity index (χ1) is 27.3. The van der Waals surface area contributed by atoms with Gasteiger partial charge in [-0.2, -0.15) is 5.26 Å². The molecule has 2 atom stereocenters.